The Morgan fingerprint density at radius 2 is 2.08 bits per heavy atom. The maximum Gasteiger partial charge on any atom is 0.225 e. The van der Waals surface area contributed by atoms with Crippen molar-refractivity contribution in [2.75, 3.05) is 19.7 Å². The molecule has 1 aliphatic rings. The van der Waals surface area contributed by atoms with Crippen LogP contribution in [-0.4, -0.2) is 41.8 Å². The number of carbonyl (C=O) groups excluding carboxylic acids is 1. The van der Waals surface area contributed by atoms with Gasteiger partial charge in [0.2, 0.25) is 5.91 Å². The fraction of sp³-hybridized carbons (Fsp3) is 0.875. The summed E-state index contributed by atoms with van der Waals surface area (Å²) in [6, 6.07) is 0. The van der Waals surface area contributed by atoms with Crippen LogP contribution in [-0.2, 0) is 4.79 Å². The number of aliphatic hydroxyl groups is 1. The molecule has 3 nitrogen and oxygen atoms in total. The number of carbonyl (C=O) groups is 1. The van der Waals surface area contributed by atoms with Crippen molar-refractivity contribution in [2.24, 2.45) is 0 Å². The first-order valence-corrected chi connectivity index (χ1v) is 4.26. The van der Waals surface area contributed by atoms with E-state index in [1.54, 1.807) is 4.90 Å². The van der Waals surface area contributed by atoms with E-state index in [1.165, 1.54) is 0 Å². The second kappa shape index (κ2) is 4.40. The standard InChI is InChI=1S/C8H14FNO2/c9-7(6-11)5-8(12)10-3-1-2-4-10/h7,11H,1-6H2/t7-/m0/s1. The predicted octanol–water partition coefficient (Wildman–Crippen LogP) is 0.329. The highest BCUT2D eigenvalue weighted by Crippen LogP contribution is 2.10. The number of rotatable bonds is 3. The molecule has 1 aliphatic heterocycles. The molecular formula is C8H14FNO2. The van der Waals surface area contributed by atoms with Crippen molar-refractivity contribution in [1.29, 1.82) is 0 Å². The molecule has 0 aromatic heterocycles. The van der Waals surface area contributed by atoms with E-state index >= 15 is 0 Å². The molecule has 0 aromatic carbocycles. The summed E-state index contributed by atoms with van der Waals surface area (Å²) < 4.78 is 12.5. The molecule has 1 fully saturated rings. The van der Waals surface area contributed by atoms with Gasteiger partial charge < -0.3 is 10.0 Å². The van der Waals surface area contributed by atoms with E-state index in [-0.39, 0.29) is 12.3 Å². The number of hydrogen-bond donors (Lipinski definition) is 1. The van der Waals surface area contributed by atoms with E-state index in [9.17, 15) is 9.18 Å². The van der Waals surface area contributed by atoms with E-state index in [0.717, 1.165) is 25.9 Å². The number of amides is 1. The van der Waals surface area contributed by atoms with Gasteiger partial charge in [-0.2, -0.15) is 0 Å². The molecule has 4 heteroatoms. The van der Waals surface area contributed by atoms with Gasteiger partial charge in [0.05, 0.1) is 13.0 Å². The Morgan fingerprint density at radius 3 is 2.58 bits per heavy atom. The van der Waals surface area contributed by atoms with Crippen LogP contribution < -0.4 is 0 Å². The van der Waals surface area contributed by atoms with Crippen LogP contribution in [0.1, 0.15) is 19.3 Å². The Morgan fingerprint density at radius 1 is 1.50 bits per heavy atom. The van der Waals surface area contributed by atoms with Crippen molar-refractivity contribution >= 4 is 5.91 Å². The molecule has 0 bridgehead atoms. The van der Waals surface area contributed by atoms with Crippen molar-refractivity contribution in [3.05, 3.63) is 0 Å². The number of likely N-dealkylation sites (tertiary alicyclic amines) is 1. The quantitative estimate of drug-likeness (QED) is 0.671. The van der Waals surface area contributed by atoms with Gasteiger partial charge in [-0.25, -0.2) is 4.39 Å². The summed E-state index contributed by atoms with van der Waals surface area (Å²) >= 11 is 0. The summed E-state index contributed by atoms with van der Waals surface area (Å²) in [6.45, 7) is 0.938. The van der Waals surface area contributed by atoms with E-state index in [4.69, 9.17) is 5.11 Å². The van der Waals surface area contributed by atoms with Crippen LogP contribution in [0.25, 0.3) is 0 Å². The zero-order valence-electron chi connectivity index (χ0n) is 7.00. The number of nitrogens with zero attached hydrogens (tertiary/aromatic N) is 1. The molecule has 0 saturated carbocycles. The second-order valence-electron chi connectivity index (χ2n) is 3.07. The van der Waals surface area contributed by atoms with Crippen LogP contribution in [0, 0.1) is 0 Å². The summed E-state index contributed by atoms with van der Waals surface area (Å²) in [5, 5.41) is 8.38. The summed E-state index contributed by atoms with van der Waals surface area (Å²) in [7, 11) is 0. The molecule has 1 atom stereocenters. The van der Waals surface area contributed by atoms with E-state index < -0.39 is 12.8 Å². The molecule has 0 aromatic rings. The monoisotopic (exact) mass is 175 g/mol. The number of alkyl halides is 1. The Kier molecular flexibility index (Phi) is 3.47. The largest absolute Gasteiger partial charge is 0.393 e. The summed E-state index contributed by atoms with van der Waals surface area (Å²) in [5.41, 5.74) is 0. The molecule has 0 spiro atoms. The van der Waals surface area contributed by atoms with Crippen LogP contribution in [0.15, 0.2) is 0 Å². The number of aliphatic hydroxyl groups excluding tert-OH is 1. The van der Waals surface area contributed by atoms with Crippen LogP contribution in [0.2, 0.25) is 0 Å². The maximum absolute atomic E-state index is 12.5. The number of hydrogen-bond acceptors (Lipinski definition) is 2. The lowest BCUT2D eigenvalue weighted by molar-refractivity contribution is -0.131. The molecule has 0 radical (unpaired) electrons. The summed E-state index contributed by atoms with van der Waals surface area (Å²) in [6.07, 6.45) is 0.471. The van der Waals surface area contributed by atoms with Crippen molar-refractivity contribution in [1.82, 2.24) is 4.90 Å². The lowest BCUT2D eigenvalue weighted by atomic mass is 10.2. The zero-order valence-corrected chi connectivity index (χ0v) is 7.00. The Labute approximate surface area is 71.2 Å². The molecule has 12 heavy (non-hydrogen) atoms. The molecule has 70 valence electrons. The van der Waals surface area contributed by atoms with Crippen LogP contribution in [0.5, 0.6) is 0 Å². The van der Waals surface area contributed by atoms with Gasteiger partial charge in [-0.05, 0) is 12.8 Å². The highest BCUT2D eigenvalue weighted by molar-refractivity contribution is 5.76. The molecule has 1 amide bonds. The normalized spacial score (nSPS) is 19.7. The topological polar surface area (TPSA) is 40.5 Å². The summed E-state index contributed by atoms with van der Waals surface area (Å²) in [5.74, 6) is -0.172. The average molecular weight is 175 g/mol. The van der Waals surface area contributed by atoms with Crippen molar-refractivity contribution < 1.29 is 14.3 Å². The van der Waals surface area contributed by atoms with Gasteiger partial charge >= 0.3 is 0 Å². The molecule has 1 saturated heterocycles. The minimum Gasteiger partial charge on any atom is -0.393 e. The van der Waals surface area contributed by atoms with Gasteiger partial charge in [-0.3, -0.25) is 4.79 Å². The molecule has 0 aliphatic carbocycles. The Hall–Kier alpha value is -0.640. The van der Waals surface area contributed by atoms with Gasteiger partial charge in [0.15, 0.2) is 0 Å². The predicted molar refractivity (Wildman–Crippen MR) is 42.4 cm³/mol. The van der Waals surface area contributed by atoms with Crippen LogP contribution in [0.4, 0.5) is 4.39 Å². The van der Waals surface area contributed by atoms with Crippen molar-refractivity contribution in [2.45, 2.75) is 25.4 Å². The Balaban J connectivity index is 2.27. The highest BCUT2D eigenvalue weighted by atomic mass is 19.1. The Bertz CT molecular complexity index is 157. The van der Waals surface area contributed by atoms with Gasteiger partial charge in [0.1, 0.15) is 6.17 Å². The van der Waals surface area contributed by atoms with E-state index in [0.29, 0.717) is 0 Å². The molecule has 0 unspecified atom stereocenters. The summed E-state index contributed by atoms with van der Waals surface area (Å²) in [4.78, 5) is 12.8. The molecular weight excluding hydrogens is 161 g/mol. The fourth-order valence-corrected chi connectivity index (χ4v) is 1.35. The minimum atomic E-state index is -1.39. The van der Waals surface area contributed by atoms with Gasteiger partial charge in [-0.15, -0.1) is 0 Å². The third kappa shape index (κ3) is 2.44. The average Bonchev–Trinajstić information content (AvgIpc) is 2.56. The first-order valence-electron chi connectivity index (χ1n) is 4.26. The van der Waals surface area contributed by atoms with Gasteiger partial charge in [-0.1, -0.05) is 0 Å². The SMILES string of the molecule is O=C(C[C@H](F)CO)N1CCCC1. The first kappa shape index (κ1) is 9.45. The molecule has 1 rings (SSSR count). The highest BCUT2D eigenvalue weighted by Gasteiger charge is 2.20. The lowest BCUT2D eigenvalue weighted by Gasteiger charge is -2.15. The minimum absolute atomic E-state index is 0.170. The van der Waals surface area contributed by atoms with E-state index in [2.05, 4.69) is 0 Å². The van der Waals surface area contributed by atoms with Crippen molar-refractivity contribution in [3.63, 3.8) is 0 Å². The fourth-order valence-electron chi connectivity index (χ4n) is 1.35. The molecule has 1 heterocycles. The van der Waals surface area contributed by atoms with Crippen LogP contribution in [0.3, 0.4) is 0 Å². The third-order valence-corrected chi connectivity index (χ3v) is 2.05. The second-order valence-corrected chi connectivity index (χ2v) is 3.07. The third-order valence-electron chi connectivity index (χ3n) is 2.05. The van der Waals surface area contributed by atoms with Gasteiger partial charge in [0, 0.05) is 13.1 Å². The van der Waals surface area contributed by atoms with Gasteiger partial charge in [0.25, 0.3) is 0 Å². The first-order chi connectivity index (χ1) is 5.74. The van der Waals surface area contributed by atoms with Crippen molar-refractivity contribution in [3.8, 4) is 0 Å². The zero-order chi connectivity index (χ0) is 8.97. The van der Waals surface area contributed by atoms with E-state index in [1.807, 2.05) is 0 Å². The smallest absolute Gasteiger partial charge is 0.225 e. The number of halogens is 1. The maximum atomic E-state index is 12.5. The lowest BCUT2D eigenvalue weighted by Crippen LogP contribution is -2.30. The van der Waals surface area contributed by atoms with Crippen LogP contribution >= 0.6 is 0 Å². The molecule has 1 N–H and O–H groups in total.